The van der Waals surface area contributed by atoms with Crippen LogP contribution in [0.2, 0.25) is 0 Å². The molecule has 1 saturated heterocycles. The van der Waals surface area contributed by atoms with Crippen molar-refractivity contribution in [2.45, 2.75) is 32.7 Å². The van der Waals surface area contributed by atoms with Gasteiger partial charge >= 0.3 is 0 Å². The Morgan fingerprint density at radius 2 is 2.04 bits per heavy atom. The summed E-state index contributed by atoms with van der Waals surface area (Å²) in [6, 6.07) is 8.51. The molecular formula is C18H27N3O2. The minimum Gasteiger partial charge on any atom is -0.384 e. The summed E-state index contributed by atoms with van der Waals surface area (Å²) in [6.07, 6.45) is 5.46. The van der Waals surface area contributed by atoms with E-state index in [1.54, 1.807) is 11.6 Å². The Labute approximate surface area is 138 Å². The molecule has 5 heteroatoms. The number of piperidine rings is 1. The van der Waals surface area contributed by atoms with Crippen LogP contribution in [0.5, 0.6) is 0 Å². The summed E-state index contributed by atoms with van der Waals surface area (Å²) >= 11 is 0. The molecule has 1 amide bonds. The molecule has 23 heavy (non-hydrogen) atoms. The first-order valence-electron chi connectivity index (χ1n) is 8.29. The summed E-state index contributed by atoms with van der Waals surface area (Å²) in [5.74, 6) is 0.156. The van der Waals surface area contributed by atoms with Crippen molar-refractivity contribution in [3.05, 3.63) is 35.9 Å². The Morgan fingerprint density at radius 1 is 1.35 bits per heavy atom. The third-order valence-corrected chi connectivity index (χ3v) is 4.45. The number of anilines is 1. The number of rotatable bonds is 6. The van der Waals surface area contributed by atoms with Gasteiger partial charge in [0.15, 0.2) is 0 Å². The van der Waals surface area contributed by atoms with Gasteiger partial charge in [-0.05, 0) is 63.4 Å². The Bertz CT molecular complexity index is 535. The third kappa shape index (κ3) is 5.37. The van der Waals surface area contributed by atoms with Crippen molar-refractivity contribution in [2.75, 3.05) is 25.0 Å². The van der Waals surface area contributed by atoms with Crippen molar-refractivity contribution in [1.82, 2.24) is 10.4 Å². The smallest absolute Gasteiger partial charge is 0.267 e. The van der Waals surface area contributed by atoms with Crippen LogP contribution >= 0.6 is 0 Å². The lowest BCUT2D eigenvalue weighted by molar-refractivity contribution is -0.124. The van der Waals surface area contributed by atoms with Crippen LogP contribution in [0.3, 0.4) is 0 Å². The SMILES string of the molecule is CC(C)N1CCC(CNc2ccccc2C=CC(=O)NO)CC1. The number of nitrogens with zero attached hydrogens (tertiary/aromatic N) is 1. The Morgan fingerprint density at radius 3 is 2.70 bits per heavy atom. The Balaban J connectivity index is 1.89. The van der Waals surface area contributed by atoms with E-state index in [-0.39, 0.29) is 0 Å². The first-order chi connectivity index (χ1) is 11.1. The predicted molar refractivity (Wildman–Crippen MR) is 93.3 cm³/mol. The Kier molecular flexibility index (Phi) is 6.62. The van der Waals surface area contributed by atoms with E-state index in [1.807, 2.05) is 24.3 Å². The molecule has 0 unspecified atom stereocenters. The molecule has 1 aliphatic rings. The van der Waals surface area contributed by atoms with Crippen molar-refractivity contribution in [3.8, 4) is 0 Å². The molecule has 0 spiro atoms. The topological polar surface area (TPSA) is 64.6 Å². The largest absolute Gasteiger partial charge is 0.384 e. The fourth-order valence-corrected chi connectivity index (χ4v) is 2.93. The number of amides is 1. The third-order valence-electron chi connectivity index (χ3n) is 4.45. The summed E-state index contributed by atoms with van der Waals surface area (Å²) in [4.78, 5) is 13.6. The van der Waals surface area contributed by atoms with Crippen LogP contribution in [0.1, 0.15) is 32.3 Å². The van der Waals surface area contributed by atoms with Gasteiger partial charge in [-0.25, -0.2) is 5.48 Å². The number of hydrogen-bond donors (Lipinski definition) is 3. The van der Waals surface area contributed by atoms with Gasteiger partial charge in [0.25, 0.3) is 5.91 Å². The summed E-state index contributed by atoms with van der Waals surface area (Å²) in [6.45, 7) is 7.79. The standard InChI is InChI=1S/C18H27N3O2/c1-14(2)21-11-9-15(10-12-21)13-19-17-6-4-3-5-16(17)7-8-18(22)20-23/h3-8,14-15,19,23H,9-13H2,1-2H3,(H,20,22). The second kappa shape index (κ2) is 8.70. The summed E-state index contributed by atoms with van der Waals surface area (Å²) in [5.41, 5.74) is 3.56. The number of hydroxylamine groups is 1. The van der Waals surface area contributed by atoms with Crippen molar-refractivity contribution in [2.24, 2.45) is 5.92 Å². The highest BCUT2D eigenvalue weighted by Gasteiger charge is 2.20. The zero-order chi connectivity index (χ0) is 16.7. The van der Waals surface area contributed by atoms with Gasteiger partial charge in [-0.3, -0.25) is 10.0 Å². The molecular weight excluding hydrogens is 290 g/mol. The first-order valence-corrected chi connectivity index (χ1v) is 8.29. The van der Waals surface area contributed by atoms with E-state index in [1.165, 1.54) is 32.0 Å². The number of para-hydroxylation sites is 1. The molecule has 0 radical (unpaired) electrons. The van der Waals surface area contributed by atoms with Crippen LogP contribution in [0.25, 0.3) is 6.08 Å². The van der Waals surface area contributed by atoms with Crippen molar-refractivity contribution >= 4 is 17.7 Å². The van der Waals surface area contributed by atoms with Crippen molar-refractivity contribution in [1.29, 1.82) is 0 Å². The van der Waals surface area contributed by atoms with E-state index >= 15 is 0 Å². The molecule has 0 aliphatic carbocycles. The van der Waals surface area contributed by atoms with Gasteiger partial charge in [0.2, 0.25) is 0 Å². The molecule has 1 aromatic carbocycles. The van der Waals surface area contributed by atoms with E-state index in [0.717, 1.165) is 17.8 Å². The maximum atomic E-state index is 11.1. The number of carbonyl (C=O) groups is 1. The molecule has 1 aromatic rings. The molecule has 0 bridgehead atoms. The number of carbonyl (C=O) groups excluding carboxylic acids is 1. The molecule has 5 nitrogen and oxygen atoms in total. The van der Waals surface area contributed by atoms with Gasteiger partial charge < -0.3 is 10.2 Å². The van der Waals surface area contributed by atoms with Gasteiger partial charge in [0.05, 0.1) is 0 Å². The average molecular weight is 317 g/mol. The second-order valence-corrected chi connectivity index (χ2v) is 6.35. The van der Waals surface area contributed by atoms with Crippen LogP contribution in [-0.2, 0) is 4.79 Å². The molecule has 0 aromatic heterocycles. The second-order valence-electron chi connectivity index (χ2n) is 6.35. The molecule has 1 heterocycles. The fraction of sp³-hybridized carbons (Fsp3) is 0.500. The molecule has 126 valence electrons. The summed E-state index contributed by atoms with van der Waals surface area (Å²) in [7, 11) is 0. The van der Waals surface area contributed by atoms with Gasteiger partial charge in [-0.15, -0.1) is 0 Å². The van der Waals surface area contributed by atoms with E-state index in [9.17, 15) is 4.79 Å². The van der Waals surface area contributed by atoms with Crippen molar-refractivity contribution < 1.29 is 10.0 Å². The number of likely N-dealkylation sites (tertiary alicyclic amines) is 1. The maximum absolute atomic E-state index is 11.1. The van der Waals surface area contributed by atoms with E-state index in [4.69, 9.17) is 5.21 Å². The molecule has 3 N–H and O–H groups in total. The molecule has 1 aliphatic heterocycles. The van der Waals surface area contributed by atoms with Crippen LogP contribution in [0.15, 0.2) is 30.3 Å². The van der Waals surface area contributed by atoms with Gasteiger partial charge in [-0.2, -0.15) is 0 Å². The monoisotopic (exact) mass is 317 g/mol. The molecule has 0 atom stereocenters. The highest BCUT2D eigenvalue weighted by molar-refractivity contribution is 5.91. The molecule has 2 rings (SSSR count). The normalized spacial score (nSPS) is 16.9. The van der Waals surface area contributed by atoms with Crippen LogP contribution in [0, 0.1) is 5.92 Å². The lowest BCUT2D eigenvalue weighted by Crippen LogP contribution is -2.39. The van der Waals surface area contributed by atoms with Gasteiger partial charge in [0, 0.05) is 24.4 Å². The van der Waals surface area contributed by atoms with Crippen LogP contribution < -0.4 is 10.8 Å². The lowest BCUT2D eigenvalue weighted by Gasteiger charge is -2.34. The average Bonchev–Trinajstić information content (AvgIpc) is 2.58. The fourth-order valence-electron chi connectivity index (χ4n) is 2.93. The lowest BCUT2D eigenvalue weighted by atomic mass is 9.95. The highest BCUT2D eigenvalue weighted by atomic mass is 16.5. The van der Waals surface area contributed by atoms with Crippen LogP contribution in [0.4, 0.5) is 5.69 Å². The zero-order valence-electron chi connectivity index (χ0n) is 14.0. The Hall–Kier alpha value is -1.85. The van der Waals surface area contributed by atoms with Crippen LogP contribution in [-0.4, -0.2) is 41.7 Å². The first kappa shape index (κ1) is 17.5. The molecule has 1 fully saturated rings. The minimum absolute atomic E-state index is 0.527. The number of nitrogens with one attached hydrogen (secondary N) is 2. The van der Waals surface area contributed by atoms with E-state index in [0.29, 0.717) is 12.0 Å². The zero-order valence-corrected chi connectivity index (χ0v) is 14.0. The quantitative estimate of drug-likeness (QED) is 0.429. The van der Waals surface area contributed by atoms with Crippen molar-refractivity contribution in [3.63, 3.8) is 0 Å². The number of benzene rings is 1. The number of hydrogen-bond acceptors (Lipinski definition) is 4. The van der Waals surface area contributed by atoms with Gasteiger partial charge in [0.1, 0.15) is 0 Å². The summed E-state index contributed by atoms with van der Waals surface area (Å²) in [5, 5.41) is 12.1. The van der Waals surface area contributed by atoms with E-state index in [2.05, 4.69) is 24.1 Å². The maximum Gasteiger partial charge on any atom is 0.267 e. The van der Waals surface area contributed by atoms with Gasteiger partial charge in [-0.1, -0.05) is 18.2 Å². The van der Waals surface area contributed by atoms with E-state index < -0.39 is 5.91 Å². The molecule has 0 saturated carbocycles. The minimum atomic E-state index is -0.527. The highest BCUT2D eigenvalue weighted by Crippen LogP contribution is 2.22. The summed E-state index contributed by atoms with van der Waals surface area (Å²) < 4.78 is 0. The predicted octanol–water partition coefficient (Wildman–Crippen LogP) is 2.74.